The van der Waals surface area contributed by atoms with E-state index in [1.807, 2.05) is 4.90 Å². The zero-order valence-electron chi connectivity index (χ0n) is 14.7. The molecule has 1 heterocycles. The minimum Gasteiger partial charge on any atom is -0.465 e. The zero-order chi connectivity index (χ0) is 17.9. The van der Waals surface area contributed by atoms with Crippen LogP contribution in [-0.2, 0) is 4.74 Å². The molecule has 1 aliphatic heterocycles. The first-order valence-electron chi connectivity index (χ1n) is 8.05. The summed E-state index contributed by atoms with van der Waals surface area (Å²) in [6.45, 7) is 10.8. The number of anilines is 1. The maximum Gasteiger partial charge on any atom is 0.338 e. The number of esters is 1. The number of hydrogen-bond acceptors (Lipinski definition) is 6. The first-order valence-corrected chi connectivity index (χ1v) is 8.05. The fourth-order valence-electron chi connectivity index (χ4n) is 3.00. The number of nitrogens with zero attached hydrogens (tertiary/aromatic N) is 3. The Bertz CT molecular complexity index is 617. The molecule has 1 aromatic rings. The van der Waals surface area contributed by atoms with Gasteiger partial charge >= 0.3 is 5.97 Å². The van der Waals surface area contributed by atoms with Crippen molar-refractivity contribution in [3.8, 4) is 0 Å². The summed E-state index contributed by atoms with van der Waals surface area (Å²) in [7, 11) is 1.26. The molecule has 1 fully saturated rings. The lowest BCUT2D eigenvalue weighted by Crippen LogP contribution is -2.48. The van der Waals surface area contributed by atoms with Crippen molar-refractivity contribution in [1.29, 1.82) is 0 Å². The second-order valence-electron chi connectivity index (χ2n) is 7.28. The number of rotatable bonds is 4. The molecule has 0 aliphatic carbocycles. The van der Waals surface area contributed by atoms with Crippen LogP contribution in [0.25, 0.3) is 0 Å². The highest BCUT2D eigenvalue weighted by Gasteiger charge is 2.26. The molecule has 0 N–H and O–H groups in total. The summed E-state index contributed by atoms with van der Waals surface area (Å²) in [5.41, 5.74) is 0.931. The lowest BCUT2D eigenvalue weighted by molar-refractivity contribution is -0.384. The van der Waals surface area contributed by atoms with Crippen LogP contribution in [0, 0.1) is 15.5 Å². The van der Waals surface area contributed by atoms with Crippen molar-refractivity contribution in [3.63, 3.8) is 0 Å². The Morgan fingerprint density at radius 3 is 2.38 bits per heavy atom. The number of methoxy groups -OCH3 is 1. The number of nitro groups is 1. The first-order chi connectivity index (χ1) is 11.2. The Balaban J connectivity index is 2.15. The Hall–Kier alpha value is -2.15. The van der Waals surface area contributed by atoms with E-state index in [4.69, 9.17) is 0 Å². The van der Waals surface area contributed by atoms with E-state index in [9.17, 15) is 14.9 Å². The highest BCUT2D eigenvalue weighted by molar-refractivity contribution is 5.91. The molecule has 0 saturated carbocycles. The molecular formula is C17H25N3O4. The van der Waals surface area contributed by atoms with Gasteiger partial charge in [0, 0.05) is 38.8 Å². The third kappa shape index (κ3) is 4.44. The molecule has 0 bridgehead atoms. The van der Waals surface area contributed by atoms with E-state index in [1.54, 1.807) is 12.1 Å². The van der Waals surface area contributed by atoms with Gasteiger partial charge in [0.15, 0.2) is 0 Å². The van der Waals surface area contributed by atoms with Gasteiger partial charge in [-0.15, -0.1) is 0 Å². The molecule has 1 saturated heterocycles. The van der Waals surface area contributed by atoms with Crippen LogP contribution in [-0.4, -0.2) is 55.6 Å². The van der Waals surface area contributed by atoms with Gasteiger partial charge < -0.3 is 9.64 Å². The number of hydrogen-bond donors (Lipinski definition) is 0. The van der Waals surface area contributed by atoms with Gasteiger partial charge in [0.1, 0.15) is 5.69 Å². The van der Waals surface area contributed by atoms with Crippen molar-refractivity contribution >= 4 is 17.3 Å². The van der Waals surface area contributed by atoms with Gasteiger partial charge in [0.05, 0.1) is 17.6 Å². The fourth-order valence-corrected chi connectivity index (χ4v) is 3.00. The van der Waals surface area contributed by atoms with Crippen molar-refractivity contribution in [2.24, 2.45) is 5.41 Å². The standard InChI is InChI=1S/C17H25N3O4/c1-17(2,3)12-18-7-9-19(10-8-18)14-6-5-13(16(21)24-4)11-15(14)20(22)23/h5-6,11H,7-10,12H2,1-4H3. The summed E-state index contributed by atoms with van der Waals surface area (Å²) < 4.78 is 4.63. The van der Waals surface area contributed by atoms with Crippen LogP contribution >= 0.6 is 0 Å². The quantitative estimate of drug-likeness (QED) is 0.478. The number of carbonyl (C=O) groups excluding carboxylic acids is 1. The Morgan fingerprint density at radius 1 is 1.25 bits per heavy atom. The Morgan fingerprint density at radius 2 is 1.88 bits per heavy atom. The normalized spacial score (nSPS) is 16.1. The van der Waals surface area contributed by atoms with Gasteiger partial charge in [-0.3, -0.25) is 15.0 Å². The summed E-state index contributed by atoms with van der Waals surface area (Å²) >= 11 is 0. The largest absolute Gasteiger partial charge is 0.465 e. The average Bonchev–Trinajstić information content (AvgIpc) is 2.52. The molecule has 0 amide bonds. The minimum absolute atomic E-state index is 0.0535. The number of benzene rings is 1. The summed E-state index contributed by atoms with van der Waals surface area (Å²) in [5, 5.41) is 11.4. The molecule has 24 heavy (non-hydrogen) atoms. The van der Waals surface area contributed by atoms with Crippen molar-refractivity contribution in [1.82, 2.24) is 4.90 Å². The Labute approximate surface area is 142 Å². The van der Waals surface area contributed by atoms with Gasteiger partial charge in [0.25, 0.3) is 5.69 Å². The smallest absolute Gasteiger partial charge is 0.338 e. The zero-order valence-corrected chi connectivity index (χ0v) is 14.7. The molecule has 0 atom stereocenters. The van der Waals surface area contributed by atoms with Crippen LogP contribution in [0.3, 0.4) is 0 Å². The second kappa shape index (κ2) is 7.17. The van der Waals surface area contributed by atoms with Crippen LogP contribution in [0.4, 0.5) is 11.4 Å². The molecule has 2 rings (SSSR count). The van der Waals surface area contributed by atoms with Crippen molar-refractivity contribution in [2.45, 2.75) is 20.8 Å². The molecule has 0 unspecified atom stereocenters. The van der Waals surface area contributed by atoms with Gasteiger partial charge in [0.2, 0.25) is 0 Å². The maximum absolute atomic E-state index is 11.6. The van der Waals surface area contributed by atoms with Crippen LogP contribution in [0.2, 0.25) is 0 Å². The SMILES string of the molecule is COC(=O)c1ccc(N2CCN(CC(C)(C)C)CC2)c([N+](=O)[O-])c1. The number of carbonyl (C=O) groups is 1. The van der Waals surface area contributed by atoms with Crippen molar-refractivity contribution in [3.05, 3.63) is 33.9 Å². The van der Waals surface area contributed by atoms with Crippen LogP contribution in [0.1, 0.15) is 31.1 Å². The minimum atomic E-state index is -0.570. The van der Waals surface area contributed by atoms with E-state index in [-0.39, 0.29) is 16.7 Å². The molecule has 7 nitrogen and oxygen atoms in total. The number of nitro benzene ring substituents is 1. The van der Waals surface area contributed by atoms with Gasteiger partial charge in [-0.25, -0.2) is 4.79 Å². The molecule has 7 heteroatoms. The molecule has 1 aromatic carbocycles. The van der Waals surface area contributed by atoms with Crippen LogP contribution in [0.15, 0.2) is 18.2 Å². The van der Waals surface area contributed by atoms with Crippen molar-refractivity contribution in [2.75, 3.05) is 44.7 Å². The van der Waals surface area contributed by atoms with E-state index in [1.165, 1.54) is 13.2 Å². The van der Waals surface area contributed by atoms with E-state index < -0.39 is 10.9 Å². The lowest BCUT2D eigenvalue weighted by atomic mass is 9.96. The molecule has 0 aromatic heterocycles. The highest BCUT2D eigenvalue weighted by atomic mass is 16.6. The third-order valence-electron chi connectivity index (χ3n) is 4.00. The number of piperazine rings is 1. The monoisotopic (exact) mass is 335 g/mol. The lowest BCUT2D eigenvalue weighted by Gasteiger charge is -2.38. The molecule has 0 spiro atoms. The van der Waals surface area contributed by atoms with E-state index >= 15 is 0 Å². The Kier molecular flexibility index (Phi) is 5.43. The van der Waals surface area contributed by atoms with Crippen LogP contribution < -0.4 is 4.90 Å². The van der Waals surface area contributed by atoms with Gasteiger partial charge in [-0.2, -0.15) is 0 Å². The maximum atomic E-state index is 11.6. The van der Waals surface area contributed by atoms with Crippen LogP contribution in [0.5, 0.6) is 0 Å². The summed E-state index contributed by atoms with van der Waals surface area (Å²) in [6.07, 6.45) is 0. The fraction of sp³-hybridized carbons (Fsp3) is 0.588. The van der Waals surface area contributed by atoms with Gasteiger partial charge in [-0.05, 0) is 17.5 Å². The van der Waals surface area contributed by atoms with E-state index in [0.29, 0.717) is 5.69 Å². The summed E-state index contributed by atoms with van der Waals surface area (Å²) in [5.74, 6) is -0.570. The molecule has 0 radical (unpaired) electrons. The third-order valence-corrected chi connectivity index (χ3v) is 4.00. The summed E-state index contributed by atoms with van der Waals surface area (Å²) in [4.78, 5) is 26.9. The predicted octanol–water partition coefficient (Wildman–Crippen LogP) is 2.55. The topological polar surface area (TPSA) is 75.9 Å². The number of ether oxygens (including phenoxy) is 1. The summed E-state index contributed by atoms with van der Waals surface area (Å²) in [6, 6.07) is 4.52. The highest BCUT2D eigenvalue weighted by Crippen LogP contribution is 2.30. The predicted molar refractivity (Wildman–Crippen MR) is 92.5 cm³/mol. The molecule has 132 valence electrons. The average molecular weight is 335 g/mol. The molecule has 1 aliphatic rings. The first kappa shape index (κ1) is 18.2. The van der Waals surface area contributed by atoms with Gasteiger partial charge in [-0.1, -0.05) is 20.8 Å². The molecular weight excluding hydrogens is 310 g/mol. The van der Waals surface area contributed by atoms with E-state index in [0.717, 1.165) is 32.7 Å². The second-order valence-corrected chi connectivity index (χ2v) is 7.28. The van der Waals surface area contributed by atoms with Crippen molar-refractivity contribution < 1.29 is 14.5 Å². The van der Waals surface area contributed by atoms with E-state index in [2.05, 4.69) is 30.4 Å².